The molecular formula is C20H29N3O2. The van der Waals surface area contributed by atoms with Crippen molar-refractivity contribution in [1.82, 2.24) is 10.6 Å². The molecule has 1 aliphatic carbocycles. The van der Waals surface area contributed by atoms with E-state index in [1.165, 1.54) is 24.9 Å². The molecular weight excluding hydrogens is 314 g/mol. The lowest BCUT2D eigenvalue weighted by molar-refractivity contribution is -0.134. The zero-order chi connectivity index (χ0) is 17.3. The van der Waals surface area contributed by atoms with E-state index >= 15 is 0 Å². The molecule has 0 spiro atoms. The summed E-state index contributed by atoms with van der Waals surface area (Å²) in [5.74, 6) is 1.70. The maximum Gasteiger partial charge on any atom is 0.228 e. The quantitative estimate of drug-likeness (QED) is 0.880. The highest BCUT2D eigenvalue weighted by Crippen LogP contribution is 2.44. The van der Waals surface area contributed by atoms with Gasteiger partial charge in [0.15, 0.2) is 0 Å². The zero-order valence-corrected chi connectivity index (χ0v) is 15.1. The lowest BCUT2D eigenvalue weighted by Crippen LogP contribution is -2.51. The van der Waals surface area contributed by atoms with Gasteiger partial charge in [0.2, 0.25) is 5.91 Å². The number of amides is 1. The number of rotatable bonds is 4. The van der Waals surface area contributed by atoms with Gasteiger partial charge in [-0.15, -0.1) is 0 Å². The number of methoxy groups -OCH3 is 1. The van der Waals surface area contributed by atoms with Crippen LogP contribution in [-0.4, -0.2) is 45.2 Å². The van der Waals surface area contributed by atoms with Crippen molar-refractivity contribution in [2.45, 2.75) is 38.1 Å². The van der Waals surface area contributed by atoms with Crippen molar-refractivity contribution in [2.75, 3.05) is 38.2 Å². The highest BCUT2D eigenvalue weighted by atomic mass is 16.5. The topological polar surface area (TPSA) is 53.6 Å². The van der Waals surface area contributed by atoms with E-state index in [1.807, 2.05) is 12.1 Å². The Balaban J connectivity index is 1.40. The van der Waals surface area contributed by atoms with Crippen molar-refractivity contribution in [2.24, 2.45) is 11.3 Å². The standard InChI is InChI=1S/C20H29N3O2/c1-25-18-7-4-6-17(11-18)23-10-8-16(13-23)22-19(24)20-9-3-2-5-15(20)12-21-14-20/h4,6-7,11,15-16,21H,2-3,5,8-10,12-14H2,1H3,(H,22,24)/t15-,16?,20+/m0/s1. The Labute approximate surface area is 150 Å². The molecule has 0 bridgehead atoms. The Morgan fingerprint density at radius 1 is 1.36 bits per heavy atom. The second kappa shape index (κ2) is 6.87. The van der Waals surface area contributed by atoms with Gasteiger partial charge in [0.1, 0.15) is 5.75 Å². The van der Waals surface area contributed by atoms with E-state index in [-0.39, 0.29) is 11.5 Å². The van der Waals surface area contributed by atoms with E-state index in [2.05, 4.69) is 27.7 Å². The molecule has 3 atom stereocenters. The van der Waals surface area contributed by atoms with Gasteiger partial charge in [-0.1, -0.05) is 18.9 Å². The third-order valence-corrected chi connectivity index (χ3v) is 6.43. The summed E-state index contributed by atoms with van der Waals surface area (Å²) in [7, 11) is 1.70. The first-order valence-electron chi connectivity index (χ1n) is 9.62. The Hall–Kier alpha value is -1.75. The number of benzene rings is 1. The van der Waals surface area contributed by atoms with Crippen LogP contribution in [-0.2, 0) is 4.79 Å². The minimum Gasteiger partial charge on any atom is -0.497 e. The Bertz CT molecular complexity index is 635. The molecule has 2 heterocycles. The number of nitrogens with one attached hydrogen (secondary N) is 2. The van der Waals surface area contributed by atoms with Gasteiger partial charge in [-0.2, -0.15) is 0 Å². The fourth-order valence-electron chi connectivity index (χ4n) is 4.94. The average molecular weight is 343 g/mol. The van der Waals surface area contributed by atoms with Crippen molar-refractivity contribution < 1.29 is 9.53 Å². The Morgan fingerprint density at radius 3 is 3.16 bits per heavy atom. The van der Waals surface area contributed by atoms with Crippen LogP contribution in [0.25, 0.3) is 0 Å². The molecule has 5 nitrogen and oxygen atoms in total. The summed E-state index contributed by atoms with van der Waals surface area (Å²) in [6.07, 6.45) is 5.71. The lowest BCUT2D eigenvalue weighted by atomic mass is 9.67. The minimum atomic E-state index is -0.151. The van der Waals surface area contributed by atoms with Crippen LogP contribution < -0.4 is 20.3 Å². The Morgan fingerprint density at radius 2 is 2.28 bits per heavy atom. The van der Waals surface area contributed by atoms with E-state index in [9.17, 15) is 4.79 Å². The lowest BCUT2D eigenvalue weighted by Gasteiger charge is -2.37. The third-order valence-electron chi connectivity index (χ3n) is 6.43. The van der Waals surface area contributed by atoms with Gasteiger partial charge in [-0.25, -0.2) is 0 Å². The van der Waals surface area contributed by atoms with Gasteiger partial charge in [0, 0.05) is 37.4 Å². The van der Waals surface area contributed by atoms with Crippen molar-refractivity contribution in [1.29, 1.82) is 0 Å². The molecule has 1 unspecified atom stereocenters. The van der Waals surface area contributed by atoms with Gasteiger partial charge in [-0.3, -0.25) is 4.79 Å². The number of carbonyl (C=O) groups excluding carboxylic acids is 1. The van der Waals surface area contributed by atoms with Gasteiger partial charge < -0.3 is 20.3 Å². The van der Waals surface area contributed by atoms with E-state index in [1.54, 1.807) is 7.11 Å². The fourth-order valence-corrected chi connectivity index (χ4v) is 4.94. The van der Waals surface area contributed by atoms with Gasteiger partial charge in [0.05, 0.1) is 12.5 Å². The molecule has 1 amide bonds. The smallest absolute Gasteiger partial charge is 0.228 e. The SMILES string of the molecule is COc1cccc(N2CCC(NC(=O)[C@@]34CCCC[C@H]3CNC4)C2)c1. The summed E-state index contributed by atoms with van der Waals surface area (Å²) >= 11 is 0. The predicted octanol–water partition coefficient (Wildman–Crippen LogP) is 2.17. The van der Waals surface area contributed by atoms with E-state index in [4.69, 9.17) is 4.74 Å². The minimum absolute atomic E-state index is 0.151. The van der Waals surface area contributed by atoms with Crippen LogP contribution in [0.1, 0.15) is 32.1 Å². The van der Waals surface area contributed by atoms with Crippen molar-refractivity contribution in [3.05, 3.63) is 24.3 Å². The molecule has 1 aromatic rings. The number of fused-ring (bicyclic) bond motifs is 1. The monoisotopic (exact) mass is 343 g/mol. The highest BCUT2D eigenvalue weighted by molar-refractivity contribution is 5.84. The molecule has 2 saturated heterocycles. The molecule has 0 radical (unpaired) electrons. The summed E-state index contributed by atoms with van der Waals surface area (Å²) < 4.78 is 5.33. The van der Waals surface area contributed by atoms with Crippen LogP contribution in [0.15, 0.2) is 24.3 Å². The first-order chi connectivity index (χ1) is 12.2. The summed E-state index contributed by atoms with van der Waals surface area (Å²) in [5.41, 5.74) is 1.02. The first kappa shape index (κ1) is 16.7. The molecule has 0 aromatic heterocycles. The predicted molar refractivity (Wildman–Crippen MR) is 99.0 cm³/mol. The molecule has 5 heteroatoms. The maximum atomic E-state index is 13.1. The van der Waals surface area contributed by atoms with E-state index < -0.39 is 0 Å². The maximum absolute atomic E-state index is 13.1. The number of carbonyl (C=O) groups is 1. The summed E-state index contributed by atoms with van der Waals surface area (Å²) in [5, 5.41) is 6.86. The van der Waals surface area contributed by atoms with Gasteiger partial charge in [0.25, 0.3) is 0 Å². The molecule has 25 heavy (non-hydrogen) atoms. The van der Waals surface area contributed by atoms with Crippen molar-refractivity contribution >= 4 is 11.6 Å². The normalized spacial score (nSPS) is 31.6. The van der Waals surface area contributed by atoms with Crippen LogP contribution >= 0.6 is 0 Å². The molecule has 1 saturated carbocycles. The average Bonchev–Trinajstić information content (AvgIpc) is 3.29. The largest absolute Gasteiger partial charge is 0.497 e. The van der Waals surface area contributed by atoms with Crippen molar-refractivity contribution in [3.63, 3.8) is 0 Å². The van der Waals surface area contributed by atoms with Crippen LogP contribution in [0.3, 0.4) is 0 Å². The molecule has 1 aromatic carbocycles. The van der Waals surface area contributed by atoms with Crippen LogP contribution in [0.2, 0.25) is 0 Å². The zero-order valence-electron chi connectivity index (χ0n) is 15.1. The second-order valence-corrected chi connectivity index (χ2v) is 7.84. The number of hydrogen-bond acceptors (Lipinski definition) is 4. The molecule has 3 fully saturated rings. The fraction of sp³-hybridized carbons (Fsp3) is 0.650. The van der Waals surface area contributed by atoms with Crippen molar-refractivity contribution in [3.8, 4) is 5.75 Å². The summed E-state index contributed by atoms with van der Waals surface area (Å²) in [6, 6.07) is 8.42. The number of hydrogen-bond donors (Lipinski definition) is 2. The van der Waals surface area contributed by atoms with E-state index in [0.717, 1.165) is 44.8 Å². The molecule has 136 valence electrons. The Kier molecular flexibility index (Phi) is 4.59. The first-order valence-corrected chi connectivity index (χ1v) is 9.62. The third kappa shape index (κ3) is 3.10. The number of anilines is 1. The molecule has 4 rings (SSSR count). The van der Waals surface area contributed by atoms with Crippen LogP contribution in [0.5, 0.6) is 5.75 Å². The van der Waals surface area contributed by atoms with Crippen LogP contribution in [0.4, 0.5) is 5.69 Å². The number of nitrogens with zero attached hydrogens (tertiary/aromatic N) is 1. The summed E-state index contributed by atoms with van der Waals surface area (Å²) in [4.78, 5) is 15.5. The second-order valence-electron chi connectivity index (χ2n) is 7.84. The number of ether oxygens (including phenoxy) is 1. The van der Waals surface area contributed by atoms with Gasteiger partial charge >= 0.3 is 0 Å². The van der Waals surface area contributed by atoms with Gasteiger partial charge in [-0.05, 0) is 43.9 Å². The van der Waals surface area contributed by atoms with E-state index in [0.29, 0.717) is 11.8 Å². The molecule has 2 aliphatic heterocycles. The summed E-state index contributed by atoms with van der Waals surface area (Å²) in [6.45, 7) is 3.73. The molecule has 3 aliphatic rings. The highest BCUT2D eigenvalue weighted by Gasteiger charge is 2.50. The molecule has 2 N–H and O–H groups in total. The van der Waals surface area contributed by atoms with Crippen LogP contribution in [0, 0.1) is 11.3 Å².